The molecule has 1 amide bonds. The number of pyridine rings is 1. The van der Waals surface area contributed by atoms with Gasteiger partial charge in [-0.15, -0.1) is 0 Å². The quantitative estimate of drug-likeness (QED) is 0.894. The average molecular weight is 265 g/mol. The van der Waals surface area contributed by atoms with Crippen molar-refractivity contribution in [2.75, 3.05) is 12.3 Å². The maximum Gasteiger partial charge on any atom is 0.257 e. The number of carbonyl (C=O) groups is 1. The van der Waals surface area contributed by atoms with Crippen LogP contribution >= 0.6 is 0 Å². The zero-order valence-electron chi connectivity index (χ0n) is 11.2. The van der Waals surface area contributed by atoms with Crippen molar-refractivity contribution in [1.82, 2.24) is 9.88 Å². The first kappa shape index (κ1) is 13.8. The minimum atomic E-state index is -0.527. The standard InChI is InChI=1S/C14H20FN3O/c1-2-11-6-4-3-5-7-18(11)14(19)12-8-10(15)9-17-13(12)16/h8-9,11H,2-7H2,1H3,(H2,16,17). The molecule has 5 heteroatoms. The van der Waals surface area contributed by atoms with Crippen LogP contribution in [0.5, 0.6) is 0 Å². The summed E-state index contributed by atoms with van der Waals surface area (Å²) in [5.41, 5.74) is 5.88. The molecular formula is C14H20FN3O. The number of halogens is 1. The summed E-state index contributed by atoms with van der Waals surface area (Å²) in [6, 6.07) is 1.40. The molecule has 2 rings (SSSR count). The first-order valence-corrected chi connectivity index (χ1v) is 6.85. The molecule has 1 aliphatic rings. The van der Waals surface area contributed by atoms with E-state index in [1.807, 2.05) is 4.90 Å². The predicted molar refractivity (Wildman–Crippen MR) is 72.2 cm³/mol. The van der Waals surface area contributed by atoms with E-state index in [1.165, 1.54) is 6.07 Å². The van der Waals surface area contributed by atoms with E-state index in [2.05, 4.69) is 11.9 Å². The molecule has 2 heterocycles. The maximum atomic E-state index is 13.2. The van der Waals surface area contributed by atoms with E-state index in [4.69, 9.17) is 5.73 Å². The maximum absolute atomic E-state index is 13.2. The van der Waals surface area contributed by atoms with E-state index in [0.29, 0.717) is 6.54 Å². The summed E-state index contributed by atoms with van der Waals surface area (Å²) in [6.45, 7) is 2.79. The molecule has 0 radical (unpaired) electrons. The first-order chi connectivity index (χ1) is 9.13. The molecule has 4 nitrogen and oxygen atoms in total. The van der Waals surface area contributed by atoms with E-state index >= 15 is 0 Å². The number of anilines is 1. The van der Waals surface area contributed by atoms with Crippen molar-refractivity contribution >= 4 is 11.7 Å². The molecule has 0 saturated carbocycles. The third-order valence-corrected chi connectivity index (χ3v) is 3.72. The Kier molecular flexibility index (Phi) is 4.35. The Morgan fingerprint density at radius 3 is 3.05 bits per heavy atom. The van der Waals surface area contributed by atoms with Gasteiger partial charge in [-0.3, -0.25) is 4.79 Å². The highest BCUT2D eigenvalue weighted by Gasteiger charge is 2.26. The van der Waals surface area contributed by atoms with Gasteiger partial charge in [-0.1, -0.05) is 19.8 Å². The summed E-state index contributed by atoms with van der Waals surface area (Å²) in [5, 5.41) is 0. The fraction of sp³-hybridized carbons (Fsp3) is 0.571. The van der Waals surface area contributed by atoms with Crippen LogP contribution in [0, 0.1) is 5.82 Å². The number of nitrogens with zero attached hydrogens (tertiary/aromatic N) is 2. The van der Waals surface area contributed by atoms with Crippen molar-refractivity contribution < 1.29 is 9.18 Å². The Hall–Kier alpha value is -1.65. The number of hydrogen-bond donors (Lipinski definition) is 1. The van der Waals surface area contributed by atoms with E-state index in [1.54, 1.807) is 0 Å². The van der Waals surface area contributed by atoms with Gasteiger partial charge in [0.15, 0.2) is 0 Å². The summed E-state index contributed by atoms with van der Waals surface area (Å²) < 4.78 is 13.2. The van der Waals surface area contributed by atoms with Gasteiger partial charge in [0.1, 0.15) is 11.6 Å². The summed E-state index contributed by atoms with van der Waals surface area (Å²) in [5.74, 6) is -0.621. The van der Waals surface area contributed by atoms with Gasteiger partial charge < -0.3 is 10.6 Å². The van der Waals surface area contributed by atoms with Crippen LogP contribution in [-0.2, 0) is 0 Å². The Morgan fingerprint density at radius 1 is 1.53 bits per heavy atom. The number of nitrogens with two attached hydrogens (primary N) is 1. The van der Waals surface area contributed by atoms with Crippen LogP contribution < -0.4 is 5.73 Å². The average Bonchev–Trinajstić information content (AvgIpc) is 2.65. The van der Waals surface area contributed by atoms with Crippen molar-refractivity contribution in [3.05, 3.63) is 23.6 Å². The molecule has 1 saturated heterocycles. The second kappa shape index (κ2) is 5.99. The zero-order chi connectivity index (χ0) is 13.8. The normalized spacial score (nSPS) is 20.1. The molecule has 0 aromatic carbocycles. The topological polar surface area (TPSA) is 59.2 Å². The second-order valence-corrected chi connectivity index (χ2v) is 5.00. The lowest BCUT2D eigenvalue weighted by molar-refractivity contribution is 0.0678. The SMILES string of the molecule is CCC1CCCCCN1C(=O)c1cc(F)cnc1N. The summed E-state index contributed by atoms with van der Waals surface area (Å²) in [6.07, 6.45) is 6.21. The molecule has 1 aromatic rings. The molecule has 1 aromatic heterocycles. The molecule has 1 fully saturated rings. The zero-order valence-corrected chi connectivity index (χ0v) is 11.2. The van der Waals surface area contributed by atoms with Gasteiger partial charge in [0.25, 0.3) is 5.91 Å². The van der Waals surface area contributed by atoms with Crippen molar-refractivity contribution in [3.63, 3.8) is 0 Å². The number of aromatic nitrogens is 1. The van der Waals surface area contributed by atoms with E-state index < -0.39 is 5.82 Å². The lowest BCUT2D eigenvalue weighted by atomic mass is 10.1. The van der Waals surface area contributed by atoms with Crippen molar-refractivity contribution in [2.24, 2.45) is 0 Å². The Labute approximate surface area is 112 Å². The molecule has 1 unspecified atom stereocenters. The highest BCUT2D eigenvalue weighted by molar-refractivity contribution is 5.98. The molecule has 0 spiro atoms. The third kappa shape index (κ3) is 3.03. The number of nitrogen functional groups attached to an aromatic ring is 1. The van der Waals surface area contributed by atoms with Crippen LogP contribution in [0.2, 0.25) is 0 Å². The van der Waals surface area contributed by atoms with Gasteiger partial charge in [0.2, 0.25) is 0 Å². The molecule has 0 bridgehead atoms. The van der Waals surface area contributed by atoms with Crippen LogP contribution in [0.3, 0.4) is 0 Å². The highest BCUT2D eigenvalue weighted by Crippen LogP contribution is 2.23. The van der Waals surface area contributed by atoms with Crippen molar-refractivity contribution in [3.8, 4) is 0 Å². The highest BCUT2D eigenvalue weighted by atomic mass is 19.1. The van der Waals surface area contributed by atoms with Crippen molar-refractivity contribution in [1.29, 1.82) is 0 Å². The molecule has 104 valence electrons. The summed E-state index contributed by atoms with van der Waals surface area (Å²) in [4.78, 5) is 18.1. The van der Waals surface area contributed by atoms with Crippen LogP contribution in [-0.4, -0.2) is 28.4 Å². The van der Waals surface area contributed by atoms with Gasteiger partial charge in [0, 0.05) is 12.6 Å². The number of amides is 1. The molecule has 1 atom stereocenters. The summed E-state index contributed by atoms with van der Waals surface area (Å²) >= 11 is 0. The fourth-order valence-corrected chi connectivity index (χ4v) is 2.65. The van der Waals surface area contributed by atoms with Crippen LogP contribution in [0.1, 0.15) is 49.4 Å². The minimum Gasteiger partial charge on any atom is -0.383 e. The largest absolute Gasteiger partial charge is 0.383 e. The number of likely N-dealkylation sites (tertiary alicyclic amines) is 1. The molecule has 2 N–H and O–H groups in total. The van der Waals surface area contributed by atoms with Gasteiger partial charge in [-0.05, 0) is 25.3 Å². The summed E-state index contributed by atoms with van der Waals surface area (Å²) in [7, 11) is 0. The monoisotopic (exact) mass is 265 g/mol. The van der Waals surface area contributed by atoms with Gasteiger partial charge in [-0.2, -0.15) is 0 Å². The number of rotatable bonds is 2. The first-order valence-electron chi connectivity index (χ1n) is 6.85. The minimum absolute atomic E-state index is 0.102. The van der Waals surface area contributed by atoms with E-state index in [-0.39, 0.29) is 23.3 Å². The lowest BCUT2D eigenvalue weighted by Gasteiger charge is -2.29. The fourth-order valence-electron chi connectivity index (χ4n) is 2.65. The van der Waals surface area contributed by atoms with Gasteiger partial charge in [-0.25, -0.2) is 9.37 Å². The van der Waals surface area contributed by atoms with Crippen LogP contribution in [0.4, 0.5) is 10.2 Å². The number of carbonyl (C=O) groups excluding carboxylic acids is 1. The molecule has 0 aliphatic carbocycles. The smallest absolute Gasteiger partial charge is 0.257 e. The Morgan fingerprint density at radius 2 is 2.32 bits per heavy atom. The molecular weight excluding hydrogens is 245 g/mol. The van der Waals surface area contributed by atoms with Crippen LogP contribution in [0.25, 0.3) is 0 Å². The molecule has 1 aliphatic heterocycles. The Balaban J connectivity index is 2.27. The number of hydrogen-bond acceptors (Lipinski definition) is 3. The lowest BCUT2D eigenvalue weighted by Crippen LogP contribution is -2.40. The second-order valence-electron chi connectivity index (χ2n) is 5.00. The van der Waals surface area contributed by atoms with Crippen molar-refractivity contribution in [2.45, 2.75) is 45.1 Å². The van der Waals surface area contributed by atoms with Gasteiger partial charge >= 0.3 is 0 Å². The van der Waals surface area contributed by atoms with E-state index in [9.17, 15) is 9.18 Å². The Bertz CT molecular complexity index is 464. The van der Waals surface area contributed by atoms with E-state index in [0.717, 1.165) is 38.3 Å². The van der Waals surface area contributed by atoms with Gasteiger partial charge in [0.05, 0.1) is 11.8 Å². The van der Waals surface area contributed by atoms with Crippen LogP contribution in [0.15, 0.2) is 12.3 Å². The molecule has 19 heavy (non-hydrogen) atoms. The third-order valence-electron chi connectivity index (χ3n) is 3.72. The predicted octanol–water partition coefficient (Wildman–Crippen LogP) is 2.60.